The van der Waals surface area contributed by atoms with Crippen molar-refractivity contribution >= 4 is 45.3 Å². The number of imide groups is 1. The van der Waals surface area contributed by atoms with Gasteiger partial charge >= 0.3 is 6.03 Å². The maximum Gasteiger partial charge on any atom is 0.318 e. The molecule has 1 aromatic carbocycles. The van der Waals surface area contributed by atoms with Crippen molar-refractivity contribution in [2.75, 3.05) is 5.75 Å². The fourth-order valence-corrected chi connectivity index (χ4v) is 5.84. The smallest absolute Gasteiger partial charge is 0.318 e. The molecule has 0 saturated heterocycles. The number of nitrogens with two attached hydrogens (primary N) is 1. The molecule has 3 N–H and O–H groups in total. The van der Waals surface area contributed by atoms with Crippen molar-refractivity contribution in [3.05, 3.63) is 56.7 Å². The summed E-state index contributed by atoms with van der Waals surface area (Å²) in [6, 6.07) is 9.06. The Morgan fingerprint density at radius 3 is 2.73 bits per heavy atom. The summed E-state index contributed by atoms with van der Waals surface area (Å²) in [7, 11) is 0. The monoisotopic (exact) mass is 442 g/mol. The minimum atomic E-state index is -0.892. The molecule has 0 atom stereocenters. The first-order valence-corrected chi connectivity index (χ1v) is 11.6. The second kappa shape index (κ2) is 9.01. The molecule has 0 spiro atoms. The molecule has 3 aromatic rings. The van der Waals surface area contributed by atoms with Crippen LogP contribution in [0.2, 0.25) is 0 Å². The number of thioether (sulfide) groups is 1. The van der Waals surface area contributed by atoms with Crippen molar-refractivity contribution in [3.8, 4) is 0 Å². The molecule has 0 aliphatic heterocycles. The van der Waals surface area contributed by atoms with Crippen molar-refractivity contribution in [1.29, 1.82) is 0 Å². The van der Waals surface area contributed by atoms with Crippen LogP contribution in [0, 0.1) is 0 Å². The first-order valence-electron chi connectivity index (χ1n) is 9.84. The van der Waals surface area contributed by atoms with Gasteiger partial charge in [0.05, 0.1) is 11.1 Å². The van der Waals surface area contributed by atoms with E-state index in [0.717, 1.165) is 58.8 Å². The van der Waals surface area contributed by atoms with Crippen LogP contribution in [0.3, 0.4) is 0 Å². The van der Waals surface area contributed by atoms with Gasteiger partial charge < -0.3 is 5.73 Å². The maximum absolute atomic E-state index is 13.5. The molecule has 2 aromatic heterocycles. The molecule has 2 heterocycles. The van der Waals surface area contributed by atoms with Gasteiger partial charge in [0.2, 0.25) is 5.91 Å². The Morgan fingerprint density at radius 2 is 1.97 bits per heavy atom. The highest BCUT2D eigenvalue weighted by Crippen LogP contribution is 2.34. The van der Waals surface area contributed by atoms with E-state index < -0.39 is 11.9 Å². The first-order chi connectivity index (χ1) is 14.5. The van der Waals surface area contributed by atoms with Crippen LogP contribution < -0.4 is 16.6 Å². The van der Waals surface area contributed by atoms with Gasteiger partial charge in [-0.2, -0.15) is 0 Å². The summed E-state index contributed by atoms with van der Waals surface area (Å²) in [6.45, 7) is 0.468. The van der Waals surface area contributed by atoms with Gasteiger partial charge in [0.25, 0.3) is 5.56 Å². The van der Waals surface area contributed by atoms with Gasteiger partial charge in [-0.05, 0) is 43.2 Å². The number of hydrogen-bond acceptors (Lipinski definition) is 6. The summed E-state index contributed by atoms with van der Waals surface area (Å²) in [4.78, 5) is 43.0. The van der Waals surface area contributed by atoms with Crippen LogP contribution in [0.15, 0.2) is 40.3 Å². The molecule has 0 unspecified atom stereocenters. The molecule has 0 saturated carbocycles. The van der Waals surface area contributed by atoms with Crippen LogP contribution in [0.4, 0.5) is 4.79 Å². The lowest BCUT2D eigenvalue weighted by molar-refractivity contribution is -0.117. The van der Waals surface area contributed by atoms with Crippen molar-refractivity contribution < 1.29 is 9.59 Å². The van der Waals surface area contributed by atoms with Gasteiger partial charge in [-0.3, -0.25) is 19.5 Å². The number of primary amides is 1. The van der Waals surface area contributed by atoms with Gasteiger partial charge in [-0.25, -0.2) is 9.78 Å². The number of aryl methyl sites for hydroxylation is 3. The number of nitrogens with one attached hydrogen (secondary N) is 1. The summed E-state index contributed by atoms with van der Waals surface area (Å²) < 4.78 is 1.67. The highest BCUT2D eigenvalue weighted by atomic mass is 32.2. The van der Waals surface area contributed by atoms with E-state index in [4.69, 9.17) is 10.7 Å². The Bertz CT molecular complexity index is 1150. The normalized spacial score (nSPS) is 13.2. The average Bonchev–Trinajstić information content (AvgIpc) is 3.10. The second-order valence-corrected chi connectivity index (χ2v) is 9.21. The molecule has 0 radical (unpaired) electrons. The number of urea groups is 1. The van der Waals surface area contributed by atoms with Crippen LogP contribution in [0.1, 0.15) is 28.8 Å². The number of amides is 3. The third kappa shape index (κ3) is 4.41. The Labute approximate surface area is 181 Å². The van der Waals surface area contributed by atoms with E-state index in [0.29, 0.717) is 18.1 Å². The number of carbonyl (C=O) groups is 2. The number of aromatic nitrogens is 2. The van der Waals surface area contributed by atoms with Crippen LogP contribution in [-0.4, -0.2) is 27.2 Å². The molecule has 30 heavy (non-hydrogen) atoms. The topological polar surface area (TPSA) is 107 Å². The average molecular weight is 443 g/mol. The Balaban J connectivity index is 1.70. The summed E-state index contributed by atoms with van der Waals surface area (Å²) >= 11 is 2.73. The van der Waals surface area contributed by atoms with Crippen molar-refractivity contribution in [3.63, 3.8) is 0 Å². The van der Waals surface area contributed by atoms with Gasteiger partial charge in [0, 0.05) is 11.4 Å². The predicted octanol–water partition coefficient (Wildman–Crippen LogP) is 2.87. The zero-order chi connectivity index (χ0) is 21.1. The largest absolute Gasteiger partial charge is 0.351 e. The molecule has 3 amide bonds. The van der Waals surface area contributed by atoms with Gasteiger partial charge in [-0.15, -0.1) is 11.3 Å². The van der Waals surface area contributed by atoms with Gasteiger partial charge in [0.15, 0.2) is 5.16 Å². The van der Waals surface area contributed by atoms with E-state index in [2.05, 4.69) is 0 Å². The third-order valence-corrected chi connectivity index (χ3v) is 7.26. The number of benzene rings is 1. The maximum atomic E-state index is 13.5. The Hall–Kier alpha value is -2.65. The van der Waals surface area contributed by atoms with E-state index >= 15 is 0 Å². The number of thiophene rings is 1. The summed E-state index contributed by atoms with van der Waals surface area (Å²) in [5.74, 6) is -0.556. The molecule has 0 bridgehead atoms. The number of rotatable bonds is 6. The minimum absolute atomic E-state index is 0.0443. The lowest BCUT2D eigenvalue weighted by atomic mass is 9.97. The zero-order valence-electron chi connectivity index (χ0n) is 16.3. The van der Waals surface area contributed by atoms with Crippen LogP contribution >= 0.6 is 23.1 Å². The molecule has 0 fully saturated rings. The molecular formula is C21H22N4O3S2. The Morgan fingerprint density at radius 1 is 1.20 bits per heavy atom. The summed E-state index contributed by atoms with van der Waals surface area (Å²) in [5.41, 5.74) is 7.23. The fourth-order valence-electron chi connectivity index (χ4n) is 3.72. The lowest BCUT2D eigenvalue weighted by Crippen LogP contribution is -2.36. The second-order valence-electron chi connectivity index (χ2n) is 7.18. The van der Waals surface area contributed by atoms with E-state index in [9.17, 15) is 14.4 Å². The molecule has 1 aliphatic rings. The molecule has 4 rings (SSSR count). The number of fused-ring (bicyclic) bond motifs is 3. The molecule has 156 valence electrons. The summed E-state index contributed by atoms with van der Waals surface area (Å²) in [5, 5.41) is 3.27. The number of carbonyl (C=O) groups excluding carboxylic acids is 2. The molecular weight excluding hydrogens is 420 g/mol. The highest BCUT2D eigenvalue weighted by molar-refractivity contribution is 7.99. The van der Waals surface area contributed by atoms with Gasteiger partial charge in [0.1, 0.15) is 4.83 Å². The highest BCUT2D eigenvalue weighted by Gasteiger charge is 2.22. The lowest BCUT2D eigenvalue weighted by Gasteiger charge is -2.13. The molecule has 1 aliphatic carbocycles. The first kappa shape index (κ1) is 20.6. The molecule has 7 nitrogen and oxygen atoms in total. The quantitative estimate of drug-likeness (QED) is 0.451. The summed E-state index contributed by atoms with van der Waals surface area (Å²) in [6.07, 6.45) is 4.81. The van der Waals surface area contributed by atoms with E-state index in [1.807, 2.05) is 35.6 Å². The van der Waals surface area contributed by atoms with Gasteiger partial charge in [-0.1, -0.05) is 42.1 Å². The third-order valence-electron chi connectivity index (χ3n) is 5.10. The number of nitrogens with zero attached hydrogens (tertiary/aromatic N) is 2. The van der Waals surface area contributed by atoms with Crippen molar-refractivity contribution in [2.24, 2.45) is 5.73 Å². The predicted molar refractivity (Wildman–Crippen MR) is 119 cm³/mol. The van der Waals surface area contributed by atoms with Crippen LogP contribution in [0.25, 0.3) is 10.2 Å². The number of hydrogen-bond donors (Lipinski definition) is 2. The minimum Gasteiger partial charge on any atom is -0.351 e. The van der Waals surface area contributed by atoms with Crippen LogP contribution in [0.5, 0.6) is 0 Å². The van der Waals surface area contributed by atoms with Crippen LogP contribution in [-0.2, 0) is 30.6 Å². The standard InChI is InChI=1S/C21H22N4O3S2/c22-20(28)23-16(26)12-29-21-24-18-17(14-8-4-5-9-15(14)30-18)19(27)25(21)11-10-13-6-2-1-3-7-13/h1-3,6-7H,4-5,8-12H2,(H3,22,23,26,28). The SMILES string of the molecule is NC(=O)NC(=O)CSc1nc2sc3c(c2c(=O)n1CCc1ccccc1)CCCC3. The fraction of sp³-hybridized carbons (Fsp3) is 0.333. The van der Waals surface area contributed by atoms with Crippen molar-refractivity contribution in [2.45, 2.75) is 43.8 Å². The Kier molecular flexibility index (Phi) is 6.19. The van der Waals surface area contributed by atoms with Crippen molar-refractivity contribution in [1.82, 2.24) is 14.9 Å². The van der Waals surface area contributed by atoms with E-state index in [-0.39, 0.29) is 11.3 Å². The molecule has 9 heteroatoms. The van der Waals surface area contributed by atoms with E-state index in [1.54, 1.807) is 15.9 Å². The van der Waals surface area contributed by atoms with E-state index in [1.165, 1.54) is 4.88 Å². The zero-order valence-corrected chi connectivity index (χ0v) is 18.0.